The summed E-state index contributed by atoms with van der Waals surface area (Å²) in [5, 5.41) is 14.2. The van der Waals surface area contributed by atoms with Crippen LogP contribution in [0, 0.1) is 11.3 Å². The highest BCUT2D eigenvalue weighted by molar-refractivity contribution is 9.10. The van der Waals surface area contributed by atoms with Gasteiger partial charge in [-0.3, -0.25) is 9.59 Å². The number of rotatable bonds is 6. The van der Waals surface area contributed by atoms with Gasteiger partial charge in [-0.05, 0) is 37.6 Å². The zero-order valence-corrected chi connectivity index (χ0v) is 19.5. The van der Waals surface area contributed by atoms with E-state index in [0.717, 1.165) is 4.47 Å². The minimum atomic E-state index is -0.576. The quantitative estimate of drug-likeness (QED) is 0.491. The number of allylic oxidation sites excluding steroid dienone is 3. The van der Waals surface area contributed by atoms with Gasteiger partial charge in [0.1, 0.15) is 0 Å². The number of nitrogens with zero attached hydrogens (tertiary/aromatic N) is 1. The van der Waals surface area contributed by atoms with E-state index in [2.05, 4.69) is 27.3 Å². The van der Waals surface area contributed by atoms with E-state index in [1.807, 2.05) is 24.3 Å². The fourth-order valence-corrected chi connectivity index (χ4v) is 4.87. The molecule has 0 fully saturated rings. The number of Topliss-reactive ketones (excluding diaryl/α,β-unsaturated/α-hetero) is 2. The third-order valence-corrected chi connectivity index (χ3v) is 6.65. The van der Waals surface area contributed by atoms with Gasteiger partial charge < -0.3 is 5.32 Å². The second-order valence-electron chi connectivity index (χ2n) is 6.75. The molecule has 1 N–H and O–H groups in total. The third kappa shape index (κ3) is 4.70. The van der Waals surface area contributed by atoms with Crippen LogP contribution in [0.25, 0.3) is 0 Å². The Balaban J connectivity index is 1.97. The number of hydrogen-bond acceptors (Lipinski definition) is 5. The van der Waals surface area contributed by atoms with Crippen molar-refractivity contribution < 1.29 is 9.59 Å². The summed E-state index contributed by atoms with van der Waals surface area (Å²) in [5.41, 5.74) is 2.83. The molecule has 2 aromatic carbocycles. The molecule has 0 unspecified atom stereocenters. The van der Waals surface area contributed by atoms with Crippen molar-refractivity contribution in [3.8, 4) is 6.07 Å². The maximum absolute atomic E-state index is 12.6. The van der Waals surface area contributed by atoms with Gasteiger partial charge in [-0.15, -0.1) is 0 Å². The minimum absolute atomic E-state index is 0.0487. The normalized spacial score (nSPS) is 16.2. The van der Waals surface area contributed by atoms with Crippen molar-refractivity contribution in [2.24, 2.45) is 0 Å². The van der Waals surface area contributed by atoms with Gasteiger partial charge in [0.15, 0.2) is 11.6 Å². The van der Waals surface area contributed by atoms with Crippen molar-refractivity contribution >= 4 is 50.9 Å². The third-order valence-electron chi connectivity index (χ3n) is 4.76. The molecule has 30 heavy (non-hydrogen) atoms. The van der Waals surface area contributed by atoms with Crippen LogP contribution in [0.4, 0.5) is 0 Å². The fourth-order valence-electron chi connectivity index (χ4n) is 3.37. The lowest BCUT2D eigenvalue weighted by Crippen LogP contribution is -2.27. The van der Waals surface area contributed by atoms with Gasteiger partial charge in [0, 0.05) is 26.3 Å². The Morgan fingerprint density at radius 1 is 1.20 bits per heavy atom. The molecule has 7 heteroatoms. The van der Waals surface area contributed by atoms with Crippen LogP contribution in [0.5, 0.6) is 0 Å². The first-order valence-corrected chi connectivity index (χ1v) is 11.3. The number of dihydropyridines is 1. The number of carbonyl (C=O) groups excluding carboxylic acids is 2. The molecule has 0 saturated carbocycles. The molecule has 1 aliphatic rings. The molecule has 4 nitrogen and oxygen atoms in total. The van der Waals surface area contributed by atoms with Crippen molar-refractivity contribution in [2.75, 3.05) is 5.75 Å². The van der Waals surface area contributed by atoms with Crippen LogP contribution in [0.1, 0.15) is 35.7 Å². The van der Waals surface area contributed by atoms with Gasteiger partial charge >= 0.3 is 0 Å². The summed E-state index contributed by atoms with van der Waals surface area (Å²) in [6.45, 7) is 3.28. The van der Waals surface area contributed by atoms with Crippen molar-refractivity contribution in [1.82, 2.24) is 5.32 Å². The Labute approximate surface area is 193 Å². The smallest absolute Gasteiger partial charge is 0.173 e. The Morgan fingerprint density at radius 2 is 1.87 bits per heavy atom. The Bertz CT molecular complexity index is 1120. The lowest BCUT2D eigenvalue weighted by molar-refractivity contribution is -0.113. The Hall–Kier alpha value is -2.33. The number of carbonyl (C=O) groups is 2. The molecule has 152 valence electrons. The standard InChI is InChI=1S/C23H18BrClN2O2S/c1-13-21(14(2)28)22(17-5-3-4-6-19(17)25)18(11-26)23(27-13)30-12-20(29)15-7-9-16(24)10-8-15/h3-10,22,27H,12H2,1-2H3/t22-/m1/s1. The van der Waals surface area contributed by atoms with Crippen molar-refractivity contribution in [2.45, 2.75) is 19.8 Å². The van der Waals surface area contributed by atoms with Gasteiger partial charge in [-0.2, -0.15) is 5.26 Å². The van der Waals surface area contributed by atoms with E-state index in [1.165, 1.54) is 18.7 Å². The van der Waals surface area contributed by atoms with Gasteiger partial charge in [0.25, 0.3) is 0 Å². The first kappa shape index (κ1) is 22.4. The molecule has 0 spiro atoms. The average molecular weight is 502 g/mol. The molecule has 0 saturated heterocycles. The molecular weight excluding hydrogens is 484 g/mol. The van der Waals surface area contributed by atoms with E-state index >= 15 is 0 Å². The molecule has 0 bridgehead atoms. The molecule has 0 aliphatic carbocycles. The van der Waals surface area contributed by atoms with Gasteiger partial charge in [0.05, 0.1) is 28.3 Å². The zero-order valence-electron chi connectivity index (χ0n) is 16.3. The summed E-state index contributed by atoms with van der Waals surface area (Å²) < 4.78 is 0.898. The molecular formula is C23H18BrClN2O2S. The van der Waals surface area contributed by atoms with Gasteiger partial charge in [-0.1, -0.05) is 69.6 Å². The van der Waals surface area contributed by atoms with E-state index in [1.54, 1.807) is 31.2 Å². The van der Waals surface area contributed by atoms with Crippen molar-refractivity contribution in [1.29, 1.82) is 5.26 Å². The molecule has 1 aliphatic heterocycles. The highest BCUT2D eigenvalue weighted by Crippen LogP contribution is 2.43. The van der Waals surface area contributed by atoms with Crippen LogP contribution in [-0.2, 0) is 4.79 Å². The van der Waals surface area contributed by atoms with Crippen LogP contribution in [0.3, 0.4) is 0 Å². The summed E-state index contributed by atoms with van der Waals surface area (Å²) in [6, 6.07) is 16.6. The van der Waals surface area contributed by atoms with Crippen LogP contribution >= 0.6 is 39.3 Å². The molecule has 0 radical (unpaired) electrons. The van der Waals surface area contributed by atoms with E-state index in [4.69, 9.17) is 11.6 Å². The molecule has 1 heterocycles. The lowest BCUT2D eigenvalue weighted by Gasteiger charge is -2.29. The number of benzene rings is 2. The average Bonchev–Trinajstić information content (AvgIpc) is 2.72. The SMILES string of the molecule is CC(=O)C1=C(C)NC(SCC(=O)c2ccc(Br)cc2)=C(C#N)[C@H]1c1ccccc1Cl. The van der Waals surface area contributed by atoms with Crippen LogP contribution in [0.2, 0.25) is 5.02 Å². The van der Waals surface area contributed by atoms with Crippen LogP contribution in [0.15, 0.2) is 74.9 Å². The molecule has 1 atom stereocenters. The van der Waals surface area contributed by atoms with Crippen LogP contribution in [-0.4, -0.2) is 17.3 Å². The first-order chi connectivity index (χ1) is 14.3. The van der Waals surface area contributed by atoms with Gasteiger partial charge in [0.2, 0.25) is 0 Å². The second kappa shape index (κ2) is 9.65. The number of nitriles is 1. The summed E-state index contributed by atoms with van der Waals surface area (Å²) in [5.74, 6) is -0.597. The summed E-state index contributed by atoms with van der Waals surface area (Å²) >= 11 is 11.0. The number of nitrogens with one attached hydrogen (secondary N) is 1. The van der Waals surface area contributed by atoms with E-state index in [9.17, 15) is 14.9 Å². The van der Waals surface area contributed by atoms with Gasteiger partial charge in [-0.25, -0.2) is 0 Å². The van der Waals surface area contributed by atoms with E-state index in [0.29, 0.717) is 38.0 Å². The Morgan fingerprint density at radius 3 is 2.47 bits per heavy atom. The predicted octanol–water partition coefficient (Wildman–Crippen LogP) is 6.00. The van der Waals surface area contributed by atoms with Crippen molar-refractivity contribution in [3.05, 3.63) is 91.0 Å². The van der Waals surface area contributed by atoms with E-state index in [-0.39, 0.29) is 17.3 Å². The summed E-state index contributed by atoms with van der Waals surface area (Å²) in [6.07, 6.45) is 0. The molecule has 2 aromatic rings. The highest BCUT2D eigenvalue weighted by Gasteiger charge is 2.34. The topological polar surface area (TPSA) is 70.0 Å². The summed E-state index contributed by atoms with van der Waals surface area (Å²) in [4.78, 5) is 25.0. The highest BCUT2D eigenvalue weighted by atomic mass is 79.9. The van der Waals surface area contributed by atoms with Crippen molar-refractivity contribution in [3.63, 3.8) is 0 Å². The monoisotopic (exact) mass is 500 g/mol. The molecule has 0 amide bonds. The van der Waals surface area contributed by atoms with Crippen LogP contribution < -0.4 is 5.32 Å². The number of thioether (sulfide) groups is 1. The minimum Gasteiger partial charge on any atom is -0.353 e. The molecule has 0 aromatic heterocycles. The predicted molar refractivity (Wildman–Crippen MR) is 124 cm³/mol. The summed E-state index contributed by atoms with van der Waals surface area (Å²) in [7, 11) is 0. The zero-order chi connectivity index (χ0) is 21.8. The first-order valence-electron chi connectivity index (χ1n) is 9.12. The largest absolute Gasteiger partial charge is 0.353 e. The lowest BCUT2D eigenvalue weighted by atomic mass is 9.81. The fraction of sp³-hybridized carbons (Fsp3) is 0.174. The maximum atomic E-state index is 12.6. The number of halogens is 2. The molecule has 3 rings (SSSR count). The second-order valence-corrected chi connectivity index (χ2v) is 9.06. The number of hydrogen-bond donors (Lipinski definition) is 1. The Kier molecular flexibility index (Phi) is 7.19. The van der Waals surface area contributed by atoms with E-state index < -0.39 is 5.92 Å². The number of ketones is 2. The maximum Gasteiger partial charge on any atom is 0.173 e.